The fourth-order valence-electron chi connectivity index (χ4n) is 2.62. The summed E-state index contributed by atoms with van der Waals surface area (Å²) in [6, 6.07) is 9.54. The second-order valence-electron chi connectivity index (χ2n) is 5.83. The summed E-state index contributed by atoms with van der Waals surface area (Å²) in [6.07, 6.45) is 2.46. The highest BCUT2D eigenvalue weighted by atomic mass is 35.5. The van der Waals surface area contributed by atoms with Gasteiger partial charge in [-0.25, -0.2) is 0 Å². The molecule has 0 spiro atoms. The van der Waals surface area contributed by atoms with Crippen LogP contribution in [-0.2, 0) is 12.3 Å². The molecule has 24 heavy (non-hydrogen) atoms. The van der Waals surface area contributed by atoms with Crippen LogP contribution in [0.15, 0.2) is 40.0 Å². The Balaban J connectivity index is 1.46. The molecule has 1 fully saturated rings. The predicted molar refractivity (Wildman–Crippen MR) is 94.2 cm³/mol. The molecule has 1 saturated carbocycles. The molecule has 2 heterocycles. The zero-order valence-electron chi connectivity index (χ0n) is 13.3. The Morgan fingerprint density at radius 2 is 2.04 bits per heavy atom. The Hall–Kier alpha value is -1.79. The van der Waals surface area contributed by atoms with E-state index in [4.69, 9.17) is 16.1 Å². The molecule has 0 bridgehead atoms. The molecular formula is C17H17ClN4OS. The van der Waals surface area contributed by atoms with Crippen LogP contribution in [0.4, 0.5) is 0 Å². The van der Waals surface area contributed by atoms with E-state index in [0.717, 1.165) is 34.5 Å². The lowest BCUT2D eigenvalue weighted by molar-refractivity contribution is 0.397. The van der Waals surface area contributed by atoms with Crippen molar-refractivity contribution < 1.29 is 4.52 Å². The molecular weight excluding hydrogens is 344 g/mol. The number of rotatable bonds is 6. The van der Waals surface area contributed by atoms with E-state index in [2.05, 4.69) is 26.8 Å². The van der Waals surface area contributed by atoms with Gasteiger partial charge in [0, 0.05) is 29.1 Å². The van der Waals surface area contributed by atoms with Crippen molar-refractivity contribution in [1.82, 2.24) is 19.9 Å². The number of halogens is 1. The average Bonchev–Trinajstić information content (AvgIpc) is 3.19. The largest absolute Gasteiger partial charge is 0.360 e. The van der Waals surface area contributed by atoms with Gasteiger partial charge in [-0.05, 0) is 31.9 Å². The van der Waals surface area contributed by atoms with Crippen LogP contribution in [0, 0.1) is 0 Å². The van der Waals surface area contributed by atoms with E-state index in [1.165, 1.54) is 12.8 Å². The van der Waals surface area contributed by atoms with Crippen LogP contribution in [0.25, 0.3) is 11.3 Å². The molecule has 3 aromatic rings. The summed E-state index contributed by atoms with van der Waals surface area (Å²) < 4.78 is 7.66. The molecule has 124 valence electrons. The number of nitrogens with zero attached hydrogens (tertiary/aromatic N) is 4. The van der Waals surface area contributed by atoms with Crippen molar-refractivity contribution in [2.45, 2.75) is 43.1 Å². The third kappa shape index (κ3) is 3.21. The summed E-state index contributed by atoms with van der Waals surface area (Å²) in [5.74, 6) is 3.24. The van der Waals surface area contributed by atoms with Gasteiger partial charge in [-0.3, -0.25) is 0 Å². The van der Waals surface area contributed by atoms with Gasteiger partial charge < -0.3 is 9.09 Å². The van der Waals surface area contributed by atoms with Crippen LogP contribution in [0.3, 0.4) is 0 Å². The first kappa shape index (κ1) is 15.7. The lowest BCUT2D eigenvalue weighted by Gasteiger charge is -2.05. The van der Waals surface area contributed by atoms with E-state index in [0.29, 0.717) is 16.7 Å². The minimum absolute atomic E-state index is 0.605. The fraction of sp³-hybridized carbons (Fsp3) is 0.353. The molecule has 0 unspecified atom stereocenters. The number of hydrogen-bond acceptors (Lipinski definition) is 5. The van der Waals surface area contributed by atoms with Gasteiger partial charge in [0.2, 0.25) is 0 Å². The number of aromatic nitrogens is 4. The summed E-state index contributed by atoms with van der Waals surface area (Å²) in [6.45, 7) is 3.03. The summed E-state index contributed by atoms with van der Waals surface area (Å²) in [7, 11) is 0. The zero-order valence-corrected chi connectivity index (χ0v) is 14.8. The second-order valence-corrected chi connectivity index (χ2v) is 7.21. The number of benzene rings is 1. The van der Waals surface area contributed by atoms with E-state index >= 15 is 0 Å². The SMILES string of the molecule is CCn1c(SCc2cc(-c3ccc(Cl)cc3)no2)nnc1C1CC1. The van der Waals surface area contributed by atoms with Crippen molar-refractivity contribution in [2.24, 2.45) is 0 Å². The Morgan fingerprint density at radius 1 is 1.25 bits per heavy atom. The van der Waals surface area contributed by atoms with Crippen LogP contribution in [0.5, 0.6) is 0 Å². The van der Waals surface area contributed by atoms with Gasteiger partial charge in [0.15, 0.2) is 5.16 Å². The highest BCUT2D eigenvalue weighted by Crippen LogP contribution is 2.40. The summed E-state index contributed by atoms with van der Waals surface area (Å²) >= 11 is 7.55. The molecule has 4 rings (SSSR count). The highest BCUT2D eigenvalue weighted by molar-refractivity contribution is 7.98. The van der Waals surface area contributed by atoms with Crippen molar-refractivity contribution in [3.05, 3.63) is 46.9 Å². The van der Waals surface area contributed by atoms with E-state index in [-0.39, 0.29) is 0 Å². The third-order valence-corrected chi connectivity index (χ3v) is 5.29. The van der Waals surface area contributed by atoms with Gasteiger partial charge in [0.05, 0.1) is 5.75 Å². The molecule has 5 nitrogen and oxygen atoms in total. The maximum absolute atomic E-state index is 5.92. The van der Waals surface area contributed by atoms with Crippen LogP contribution >= 0.6 is 23.4 Å². The molecule has 7 heteroatoms. The van der Waals surface area contributed by atoms with E-state index < -0.39 is 0 Å². The van der Waals surface area contributed by atoms with Gasteiger partial charge in [0.25, 0.3) is 0 Å². The normalized spacial score (nSPS) is 14.2. The van der Waals surface area contributed by atoms with Crippen molar-refractivity contribution in [3.8, 4) is 11.3 Å². The molecule has 1 aromatic carbocycles. The van der Waals surface area contributed by atoms with Gasteiger partial charge in [-0.2, -0.15) is 0 Å². The zero-order chi connectivity index (χ0) is 16.5. The lowest BCUT2D eigenvalue weighted by atomic mass is 10.1. The van der Waals surface area contributed by atoms with Gasteiger partial charge in [-0.15, -0.1) is 10.2 Å². The second kappa shape index (κ2) is 6.61. The maximum atomic E-state index is 5.92. The number of thioether (sulfide) groups is 1. The van der Waals surface area contributed by atoms with Gasteiger partial charge in [0.1, 0.15) is 17.3 Å². The van der Waals surface area contributed by atoms with Crippen molar-refractivity contribution in [1.29, 1.82) is 0 Å². The molecule has 0 amide bonds. The molecule has 2 aromatic heterocycles. The number of hydrogen-bond donors (Lipinski definition) is 0. The lowest BCUT2D eigenvalue weighted by Crippen LogP contribution is -2.01. The Morgan fingerprint density at radius 3 is 2.75 bits per heavy atom. The van der Waals surface area contributed by atoms with Crippen molar-refractivity contribution >= 4 is 23.4 Å². The van der Waals surface area contributed by atoms with Crippen LogP contribution in [0.2, 0.25) is 5.02 Å². The first-order valence-corrected chi connectivity index (χ1v) is 9.38. The van der Waals surface area contributed by atoms with E-state index in [1.807, 2.05) is 30.3 Å². The Kier molecular flexibility index (Phi) is 4.33. The minimum atomic E-state index is 0.605. The first-order chi connectivity index (χ1) is 11.7. The molecule has 0 atom stereocenters. The maximum Gasteiger partial charge on any atom is 0.191 e. The molecule has 0 aliphatic heterocycles. The van der Waals surface area contributed by atoms with E-state index in [9.17, 15) is 0 Å². The minimum Gasteiger partial charge on any atom is -0.360 e. The van der Waals surface area contributed by atoms with Crippen LogP contribution in [-0.4, -0.2) is 19.9 Å². The monoisotopic (exact) mass is 360 g/mol. The average molecular weight is 361 g/mol. The molecule has 0 N–H and O–H groups in total. The molecule has 1 aliphatic carbocycles. The third-order valence-electron chi connectivity index (χ3n) is 4.05. The predicted octanol–water partition coefficient (Wildman–Crippen LogP) is 4.78. The summed E-state index contributed by atoms with van der Waals surface area (Å²) in [5, 5.41) is 14.5. The highest BCUT2D eigenvalue weighted by Gasteiger charge is 2.30. The van der Waals surface area contributed by atoms with Crippen molar-refractivity contribution in [3.63, 3.8) is 0 Å². The smallest absolute Gasteiger partial charge is 0.191 e. The Bertz CT molecular complexity index is 839. The van der Waals surface area contributed by atoms with Gasteiger partial charge >= 0.3 is 0 Å². The van der Waals surface area contributed by atoms with Crippen LogP contribution < -0.4 is 0 Å². The fourth-order valence-corrected chi connectivity index (χ4v) is 3.63. The van der Waals surface area contributed by atoms with E-state index in [1.54, 1.807) is 11.8 Å². The molecule has 0 saturated heterocycles. The quantitative estimate of drug-likeness (QED) is 0.592. The topological polar surface area (TPSA) is 56.7 Å². The van der Waals surface area contributed by atoms with Crippen LogP contribution in [0.1, 0.15) is 37.3 Å². The summed E-state index contributed by atoms with van der Waals surface area (Å²) in [4.78, 5) is 0. The van der Waals surface area contributed by atoms with Crippen molar-refractivity contribution in [2.75, 3.05) is 0 Å². The summed E-state index contributed by atoms with van der Waals surface area (Å²) in [5.41, 5.74) is 1.81. The molecule has 1 aliphatic rings. The van der Waals surface area contributed by atoms with Gasteiger partial charge in [-0.1, -0.05) is 40.7 Å². The Labute approximate surface area is 149 Å². The standard InChI is InChI=1S/C17H17ClN4OS/c1-2-22-16(12-3-4-12)19-20-17(22)24-10-14-9-15(21-23-14)11-5-7-13(18)8-6-11/h5-9,12H,2-4,10H2,1H3. The molecule has 0 radical (unpaired) electrons. The first-order valence-electron chi connectivity index (χ1n) is 8.02.